The highest BCUT2D eigenvalue weighted by Gasteiger charge is 2.55. The molecule has 1 aliphatic carbocycles. The Balaban J connectivity index is 1.99. The number of ether oxygens (including phenoxy) is 1. The molecule has 2 heteroatoms. The van der Waals surface area contributed by atoms with Gasteiger partial charge in [-0.15, -0.1) is 0 Å². The molecule has 0 aromatic carbocycles. The standard InChI is InChI=1S/C8H14O2/c9-6-8-5-3-1-2-4-7(8)10-8/h7,9H,1-6H2/t7-,8-/m1/s1. The van der Waals surface area contributed by atoms with E-state index in [-0.39, 0.29) is 12.2 Å². The van der Waals surface area contributed by atoms with Crippen molar-refractivity contribution in [1.29, 1.82) is 0 Å². The van der Waals surface area contributed by atoms with Gasteiger partial charge in [0, 0.05) is 0 Å². The largest absolute Gasteiger partial charge is 0.393 e. The highest BCUT2D eigenvalue weighted by Crippen LogP contribution is 2.45. The SMILES string of the molecule is OC[C@]12CCCCC[C@H]1O2. The van der Waals surface area contributed by atoms with Crippen molar-refractivity contribution in [2.24, 2.45) is 0 Å². The van der Waals surface area contributed by atoms with Crippen molar-refractivity contribution < 1.29 is 9.84 Å². The van der Waals surface area contributed by atoms with Crippen molar-refractivity contribution in [2.75, 3.05) is 6.61 Å². The molecule has 0 aromatic heterocycles. The van der Waals surface area contributed by atoms with Crippen molar-refractivity contribution in [3.63, 3.8) is 0 Å². The van der Waals surface area contributed by atoms with Gasteiger partial charge in [0.2, 0.25) is 0 Å². The van der Waals surface area contributed by atoms with Crippen LogP contribution in [0.5, 0.6) is 0 Å². The normalized spacial score (nSPS) is 45.9. The lowest BCUT2D eigenvalue weighted by Gasteiger charge is -2.04. The Labute approximate surface area is 61.2 Å². The number of aliphatic hydroxyl groups excluding tert-OH is 1. The smallest absolute Gasteiger partial charge is 0.118 e. The molecule has 0 aromatic rings. The number of fused-ring (bicyclic) bond motifs is 1. The summed E-state index contributed by atoms with van der Waals surface area (Å²) in [6.07, 6.45) is 6.49. The van der Waals surface area contributed by atoms with E-state index in [0.717, 1.165) is 6.42 Å². The quantitative estimate of drug-likeness (QED) is 0.556. The molecule has 1 N–H and O–H groups in total. The average molecular weight is 142 g/mol. The summed E-state index contributed by atoms with van der Waals surface area (Å²) in [7, 11) is 0. The monoisotopic (exact) mass is 142 g/mol. The van der Waals surface area contributed by atoms with Gasteiger partial charge in [0.15, 0.2) is 0 Å². The Hall–Kier alpha value is -0.0800. The van der Waals surface area contributed by atoms with Crippen molar-refractivity contribution in [3.05, 3.63) is 0 Å². The Morgan fingerprint density at radius 2 is 2.30 bits per heavy atom. The molecule has 1 aliphatic heterocycles. The van der Waals surface area contributed by atoms with E-state index in [0.29, 0.717) is 6.10 Å². The van der Waals surface area contributed by atoms with E-state index in [1.165, 1.54) is 25.7 Å². The maximum Gasteiger partial charge on any atom is 0.118 e. The fourth-order valence-corrected chi connectivity index (χ4v) is 1.94. The highest BCUT2D eigenvalue weighted by atomic mass is 16.6. The molecule has 0 amide bonds. The van der Waals surface area contributed by atoms with E-state index in [9.17, 15) is 0 Å². The number of epoxide rings is 1. The number of aliphatic hydroxyl groups is 1. The summed E-state index contributed by atoms with van der Waals surface area (Å²) in [5.74, 6) is 0. The molecule has 58 valence electrons. The summed E-state index contributed by atoms with van der Waals surface area (Å²) in [5, 5.41) is 8.99. The van der Waals surface area contributed by atoms with E-state index >= 15 is 0 Å². The van der Waals surface area contributed by atoms with Crippen LogP contribution in [0.1, 0.15) is 32.1 Å². The van der Waals surface area contributed by atoms with Crippen LogP contribution in [0.15, 0.2) is 0 Å². The lowest BCUT2D eigenvalue weighted by atomic mass is 10.0. The van der Waals surface area contributed by atoms with E-state index in [2.05, 4.69) is 0 Å². The van der Waals surface area contributed by atoms with Crippen LogP contribution in [0.4, 0.5) is 0 Å². The topological polar surface area (TPSA) is 32.8 Å². The minimum absolute atomic E-state index is 0.0729. The molecule has 2 rings (SSSR count). The molecule has 2 aliphatic rings. The van der Waals surface area contributed by atoms with Crippen molar-refractivity contribution >= 4 is 0 Å². The first kappa shape index (κ1) is 6.62. The fraction of sp³-hybridized carbons (Fsp3) is 1.00. The molecule has 0 unspecified atom stereocenters. The molecule has 2 nitrogen and oxygen atoms in total. The summed E-state index contributed by atoms with van der Waals surface area (Å²) in [5.41, 5.74) is -0.0729. The van der Waals surface area contributed by atoms with E-state index in [4.69, 9.17) is 9.84 Å². The van der Waals surface area contributed by atoms with Gasteiger partial charge in [0.25, 0.3) is 0 Å². The van der Waals surface area contributed by atoms with Crippen molar-refractivity contribution in [1.82, 2.24) is 0 Å². The van der Waals surface area contributed by atoms with Crippen LogP contribution >= 0.6 is 0 Å². The molecule has 0 radical (unpaired) electrons. The first-order valence-electron chi connectivity index (χ1n) is 4.16. The second-order valence-corrected chi connectivity index (χ2v) is 3.43. The van der Waals surface area contributed by atoms with E-state index in [1.54, 1.807) is 0 Å². The van der Waals surface area contributed by atoms with Crippen molar-refractivity contribution in [2.45, 2.75) is 43.8 Å². The Morgan fingerprint density at radius 3 is 3.10 bits per heavy atom. The van der Waals surface area contributed by atoms with E-state index in [1.807, 2.05) is 0 Å². The number of rotatable bonds is 1. The van der Waals surface area contributed by atoms with Crippen LogP contribution in [0.2, 0.25) is 0 Å². The van der Waals surface area contributed by atoms with Crippen LogP contribution in [0, 0.1) is 0 Å². The zero-order valence-corrected chi connectivity index (χ0v) is 6.18. The van der Waals surface area contributed by atoms with Gasteiger partial charge in [-0.05, 0) is 12.8 Å². The minimum atomic E-state index is -0.0729. The van der Waals surface area contributed by atoms with Crippen LogP contribution in [0.25, 0.3) is 0 Å². The molecule has 0 spiro atoms. The summed E-state index contributed by atoms with van der Waals surface area (Å²) in [4.78, 5) is 0. The van der Waals surface area contributed by atoms with Crippen LogP contribution in [0.3, 0.4) is 0 Å². The lowest BCUT2D eigenvalue weighted by Crippen LogP contribution is -2.18. The van der Waals surface area contributed by atoms with Gasteiger partial charge in [-0.2, -0.15) is 0 Å². The molecule has 1 heterocycles. The third-order valence-corrected chi connectivity index (χ3v) is 2.74. The third kappa shape index (κ3) is 0.867. The molecule has 2 atom stereocenters. The summed E-state index contributed by atoms with van der Waals surface area (Å²) in [6.45, 7) is 0.234. The van der Waals surface area contributed by atoms with E-state index < -0.39 is 0 Å². The Morgan fingerprint density at radius 1 is 1.40 bits per heavy atom. The first-order chi connectivity index (χ1) is 4.87. The average Bonchev–Trinajstić information content (AvgIpc) is 2.59. The molecule has 0 bridgehead atoms. The van der Waals surface area contributed by atoms with Crippen LogP contribution < -0.4 is 0 Å². The van der Waals surface area contributed by atoms with Crippen LogP contribution in [-0.4, -0.2) is 23.4 Å². The predicted molar refractivity (Wildman–Crippen MR) is 37.8 cm³/mol. The second kappa shape index (κ2) is 2.21. The summed E-state index contributed by atoms with van der Waals surface area (Å²) >= 11 is 0. The molecular weight excluding hydrogens is 128 g/mol. The lowest BCUT2D eigenvalue weighted by molar-refractivity contribution is 0.159. The fourth-order valence-electron chi connectivity index (χ4n) is 1.94. The molecular formula is C8H14O2. The van der Waals surface area contributed by atoms with Gasteiger partial charge in [-0.1, -0.05) is 19.3 Å². The summed E-state index contributed by atoms with van der Waals surface area (Å²) in [6, 6.07) is 0. The third-order valence-electron chi connectivity index (χ3n) is 2.74. The predicted octanol–water partition coefficient (Wildman–Crippen LogP) is 1.08. The zero-order valence-electron chi connectivity index (χ0n) is 6.18. The maximum atomic E-state index is 8.99. The summed E-state index contributed by atoms with van der Waals surface area (Å²) < 4.78 is 5.44. The van der Waals surface area contributed by atoms with Gasteiger partial charge in [0.05, 0.1) is 12.7 Å². The number of hydrogen-bond acceptors (Lipinski definition) is 2. The zero-order chi connectivity index (χ0) is 7.03. The van der Waals surface area contributed by atoms with Crippen LogP contribution in [-0.2, 0) is 4.74 Å². The maximum absolute atomic E-state index is 8.99. The van der Waals surface area contributed by atoms with Gasteiger partial charge in [0.1, 0.15) is 5.60 Å². The molecule has 1 saturated carbocycles. The second-order valence-electron chi connectivity index (χ2n) is 3.43. The molecule has 2 fully saturated rings. The number of hydrogen-bond donors (Lipinski definition) is 1. The van der Waals surface area contributed by atoms with Gasteiger partial charge >= 0.3 is 0 Å². The molecule has 10 heavy (non-hydrogen) atoms. The molecule has 1 saturated heterocycles. The van der Waals surface area contributed by atoms with Crippen molar-refractivity contribution in [3.8, 4) is 0 Å². The first-order valence-corrected chi connectivity index (χ1v) is 4.16. The van der Waals surface area contributed by atoms with Gasteiger partial charge < -0.3 is 9.84 Å². The van der Waals surface area contributed by atoms with Gasteiger partial charge in [-0.3, -0.25) is 0 Å². The highest BCUT2D eigenvalue weighted by molar-refractivity contribution is 5.03. The minimum Gasteiger partial charge on any atom is -0.393 e. The van der Waals surface area contributed by atoms with Gasteiger partial charge in [-0.25, -0.2) is 0 Å². The Bertz CT molecular complexity index is 133. The Kier molecular flexibility index (Phi) is 1.46.